The normalized spacial score (nSPS) is 28.5. The molecule has 4 heteroatoms. The Morgan fingerprint density at radius 1 is 1.41 bits per heavy atom. The Balaban J connectivity index is 2.19. The summed E-state index contributed by atoms with van der Waals surface area (Å²) in [6.45, 7) is 7.34. The fraction of sp³-hybridized carbons (Fsp3) is 0.556. The van der Waals surface area contributed by atoms with E-state index in [0.29, 0.717) is 6.54 Å². The molecule has 1 aromatic carbocycles. The lowest BCUT2D eigenvalue weighted by Crippen LogP contribution is -2.65. The van der Waals surface area contributed by atoms with Gasteiger partial charge in [0.15, 0.2) is 0 Å². The first-order valence-corrected chi connectivity index (χ1v) is 7.74. The van der Waals surface area contributed by atoms with Crippen LogP contribution in [0.2, 0.25) is 0 Å². The van der Waals surface area contributed by atoms with Gasteiger partial charge in [0.05, 0.1) is 18.7 Å². The molecule has 0 spiro atoms. The number of hydrogen-bond acceptors (Lipinski definition) is 3. The van der Waals surface area contributed by atoms with Crippen molar-refractivity contribution in [2.24, 2.45) is 5.41 Å². The molecule has 0 aromatic heterocycles. The maximum absolute atomic E-state index is 12.1. The SMILES string of the molecule is COC(=O)N1CCC2(C)c3c(C#N)cccc3CC1C2(C)C. The van der Waals surface area contributed by atoms with E-state index in [-0.39, 0.29) is 23.0 Å². The van der Waals surface area contributed by atoms with Gasteiger partial charge in [0.2, 0.25) is 0 Å². The molecule has 2 bridgehead atoms. The summed E-state index contributed by atoms with van der Waals surface area (Å²) in [6.07, 6.45) is 1.37. The van der Waals surface area contributed by atoms with Crippen molar-refractivity contribution < 1.29 is 9.53 Å². The fourth-order valence-electron chi connectivity index (χ4n) is 4.45. The molecule has 1 aromatic rings. The van der Waals surface area contributed by atoms with Crippen molar-refractivity contribution in [1.82, 2.24) is 4.90 Å². The van der Waals surface area contributed by atoms with Crippen LogP contribution in [0.5, 0.6) is 0 Å². The molecule has 1 fully saturated rings. The molecule has 3 rings (SSSR count). The van der Waals surface area contributed by atoms with Gasteiger partial charge in [0.25, 0.3) is 0 Å². The Morgan fingerprint density at radius 2 is 2.14 bits per heavy atom. The number of fused-ring (bicyclic) bond motifs is 4. The Bertz CT molecular complexity index is 674. The Hall–Kier alpha value is -2.02. The standard InChI is InChI=1S/C18H22N2O2/c1-17(2)14-10-12-6-5-7-13(11-19)15(12)18(17,3)8-9-20(14)16(21)22-4/h5-7,14H,8-10H2,1-4H3. The molecule has 2 unspecified atom stereocenters. The van der Waals surface area contributed by atoms with Crippen molar-refractivity contribution in [1.29, 1.82) is 5.26 Å². The van der Waals surface area contributed by atoms with Gasteiger partial charge in [-0.25, -0.2) is 4.79 Å². The number of amides is 1. The molecular formula is C18H22N2O2. The van der Waals surface area contributed by atoms with Gasteiger partial charge in [0, 0.05) is 18.0 Å². The average molecular weight is 298 g/mol. The van der Waals surface area contributed by atoms with E-state index in [1.54, 1.807) is 0 Å². The summed E-state index contributed by atoms with van der Waals surface area (Å²) in [4.78, 5) is 14.0. The Kier molecular flexibility index (Phi) is 3.21. The van der Waals surface area contributed by atoms with Gasteiger partial charge < -0.3 is 9.64 Å². The van der Waals surface area contributed by atoms with Crippen LogP contribution in [0.25, 0.3) is 0 Å². The third-order valence-electron chi connectivity index (χ3n) is 6.13. The summed E-state index contributed by atoms with van der Waals surface area (Å²) in [5.74, 6) is 0. The number of nitrogens with zero attached hydrogens (tertiary/aromatic N) is 2. The van der Waals surface area contributed by atoms with Gasteiger partial charge >= 0.3 is 6.09 Å². The highest BCUT2D eigenvalue weighted by Crippen LogP contribution is 2.56. The molecule has 1 heterocycles. The van der Waals surface area contributed by atoms with Crippen LogP contribution < -0.4 is 0 Å². The lowest BCUT2D eigenvalue weighted by molar-refractivity contribution is -0.0308. The van der Waals surface area contributed by atoms with E-state index in [2.05, 4.69) is 32.9 Å². The number of likely N-dealkylation sites (tertiary alicyclic amines) is 1. The van der Waals surface area contributed by atoms with E-state index in [4.69, 9.17) is 4.74 Å². The van der Waals surface area contributed by atoms with Gasteiger partial charge in [-0.05, 0) is 35.4 Å². The van der Waals surface area contributed by atoms with E-state index in [0.717, 1.165) is 18.4 Å². The first kappa shape index (κ1) is 14.9. The van der Waals surface area contributed by atoms with E-state index in [9.17, 15) is 10.1 Å². The number of rotatable bonds is 0. The molecule has 1 saturated heterocycles. The minimum Gasteiger partial charge on any atom is -0.453 e. The smallest absolute Gasteiger partial charge is 0.409 e. The highest BCUT2D eigenvalue weighted by atomic mass is 16.5. The number of nitriles is 1. The molecule has 1 aliphatic carbocycles. The van der Waals surface area contributed by atoms with E-state index in [1.165, 1.54) is 18.2 Å². The molecule has 1 aliphatic heterocycles. The van der Waals surface area contributed by atoms with Crippen LogP contribution in [-0.2, 0) is 16.6 Å². The fourth-order valence-corrected chi connectivity index (χ4v) is 4.45. The molecule has 0 saturated carbocycles. The van der Waals surface area contributed by atoms with Crippen LogP contribution in [0.3, 0.4) is 0 Å². The van der Waals surface area contributed by atoms with Crippen LogP contribution in [0, 0.1) is 16.7 Å². The second kappa shape index (κ2) is 4.74. The molecule has 116 valence electrons. The first-order valence-electron chi connectivity index (χ1n) is 7.74. The molecular weight excluding hydrogens is 276 g/mol. The molecule has 0 radical (unpaired) electrons. The lowest BCUT2D eigenvalue weighted by Gasteiger charge is -2.60. The van der Waals surface area contributed by atoms with Crippen LogP contribution in [0.4, 0.5) is 4.79 Å². The minimum atomic E-state index is -0.250. The highest BCUT2D eigenvalue weighted by Gasteiger charge is 2.57. The quantitative estimate of drug-likeness (QED) is 0.739. The third-order valence-corrected chi connectivity index (χ3v) is 6.13. The number of hydrogen-bond donors (Lipinski definition) is 0. The maximum Gasteiger partial charge on any atom is 0.409 e. The van der Waals surface area contributed by atoms with Crippen LogP contribution in [-0.4, -0.2) is 30.7 Å². The Labute approximate surface area is 131 Å². The zero-order chi connectivity index (χ0) is 16.1. The predicted molar refractivity (Wildman–Crippen MR) is 83.5 cm³/mol. The van der Waals surface area contributed by atoms with Crippen LogP contribution in [0.1, 0.15) is 43.9 Å². The number of ether oxygens (including phenoxy) is 1. The zero-order valence-electron chi connectivity index (χ0n) is 13.6. The topological polar surface area (TPSA) is 53.3 Å². The molecule has 2 atom stereocenters. The summed E-state index contributed by atoms with van der Waals surface area (Å²) in [5, 5.41) is 9.52. The maximum atomic E-state index is 12.1. The van der Waals surface area contributed by atoms with Crippen molar-refractivity contribution in [3.05, 3.63) is 34.9 Å². The minimum absolute atomic E-state index is 0.0974. The van der Waals surface area contributed by atoms with Crippen molar-refractivity contribution in [3.63, 3.8) is 0 Å². The molecule has 2 aliphatic rings. The van der Waals surface area contributed by atoms with Gasteiger partial charge in [-0.2, -0.15) is 5.26 Å². The number of methoxy groups -OCH3 is 1. The van der Waals surface area contributed by atoms with E-state index < -0.39 is 0 Å². The van der Waals surface area contributed by atoms with Crippen molar-refractivity contribution >= 4 is 6.09 Å². The van der Waals surface area contributed by atoms with Crippen molar-refractivity contribution in [2.75, 3.05) is 13.7 Å². The van der Waals surface area contributed by atoms with Gasteiger partial charge in [0.1, 0.15) is 0 Å². The second-order valence-electron chi connectivity index (χ2n) is 7.14. The third kappa shape index (κ3) is 1.71. The number of benzene rings is 1. The van der Waals surface area contributed by atoms with Crippen LogP contribution in [0.15, 0.2) is 18.2 Å². The van der Waals surface area contributed by atoms with E-state index in [1.807, 2.05) is 17.0 Å². The van der Waals surface area contributed by atoms with Crippen molar-refractivity contribution in [3.8, 4) is 6.07 Å². The highest BCUT2D eigenvalue weighted by molar-refractivity contribution is 5.69. The van der Waals surface area contributed by atoms with Gasteiger partial charge in [-0.15, -0.1) is 0 Å². The summed E-state index contributed by atoms with van der Waals surface area (Å²) in [7, 11) is 1.44. The number of piperidine rings is 1. The monoisotopic (exact) mass is 298 g/mol. The summed E-state index contributed by atoms with van der Waals surface area (Å²) in [6, 6.07) is 8.40. The number of carbonyl (C=O) groups excluding carboxylic acids is 1. The summed E-state index contributed by atoms with van der Waals surface area (Å²) < 4.78 is 4.97. The summed E-state index contributed by atoms with van der Waals surface area (Å²) in [5.41, 5.74) is 2.93. The molecule has 1 amide bonds. The average Bonchev–Trinajstić information content (AvgIpc) is 2.49. The van der Waals surface area contributed by atoms with E-state index >= 15 is 0 Å². The van der Waals surface area contributed by atoms with Crippen molar-refractivity contribution in [2.45, 2.75) is 45.1 Å². The Morgan fingerprint density at radius 3 is 2.77 bits per heavy atom. The zero-order valence-corrected chi connectivity index (χ0v) is 13.6. The van der Waals surface area contributed by atoms with Crippen LogP contribution >= 0.6 is 0 Å². The second-order valence-corrected chi connectivity index (χ2v) is 7.14. The summed E-state index contributed by atoms with van der Waals surface area (Å²) >= 11 is 0. The molecule has 22 heavy (non-hydrogen) atoms. The largest absolute Gasteiger partial charge is 0.453 e. The van der Waals surface area contributed by atoms with Gasteiger partial charge in [-0.3, -0.25) is 0 Å². The lowest BCUT2D eigenvalue weighted by atomic mass is 9.50. The molecule has 0 N–H and O–H groups in total. The van der Waals surface area contributed by atoms with Gasteiger partial charge in [-0.1, -0.05) is 32.9 Å². The number of carbonyl (C=O) groups is 1. The predicted octanol–water partition coefficient (Wildman–Crippen LogP) is 3.24. The first-order chi connectivity index (χ1) is 10.4. The molecule has 4 nitrogen and oxygen atoms in total.